The Morgan fingerprint density at radius 3 is 2.81 bits per heavy atom. The Kier molecular flexibility index (Phi) is 7.23. The minimum Gasteiger partial charge on any atom is -0.493 e. The zero-order valence-corrected chi connectivity index (χ0v) is 16.5. The van der Waals surface area contributed by atoms with Crippen LogP contribution in [0.15, 0.2) is 17.2 Å². The molecule has 0 fully saturated rings. The number of aromatic nitrogens is 1. The van der Waals surface area contributed by atoms with Gasteiger partial charge < -0.3 is 14.2 Å². The third kappa shape index (κ3) is 4.86. The fourth-order valence-corrected chi connectivity index (χ4v) is 3.17. The van der Waals surface area contributed by atoms with E-state index in [1.54, 1.807) is 39.3 Å². The van der Waals surface area contributed by atoms with Crippen LogP contribution >= 0.6 is 22.9 Å². The molecule has 0 bridgehead atoms. The van der Waals surface area contributed by atoms with E-state index in [9.17, 15) is 4.79 Å². The van der Waals surface area contributed by atoms with Crippen molar-refractivity contribution >= 4 is 40.3 Å². The molecule has 0 aliphatic carbocycles. The number of halogens is 1. The predicted octanol–water partition coefficient (Wildman–Crippen LogP) is 4.13. The lowest BCUT2D eigenvalue weighted by molar-refractivity contribution is 0.0531. The van der Waals surface area contributed by atoms with Gasteiger partial charge in [0.15, 0.2) is 11.5 Å². The number of aryl methyl sites for hydroxylation is 1. The first kappa shape index (κ1) is 20.0. The van der Waals surface area contributed by atoms with Crippen molar-refractivity contribution in [2.75, 3.05) is 25.7 Å². The Labute approximate surface area is 160 Å². The van der Waals surface area contributed by atoms with E-state index in [2.05, 4.69) is 15.5 Å². The number of hydrogen-bond donors (Lipinski definition) is 1. The molecule has 0 saturated heterocycles. The lowest BCUT2D eigenvalue weighted by atomic mass is 10.2. The van der Waals surface area contributed by atoms with Crippen LogP contribution in [0.2, 0.25) is 5.02 Å². The molecule has 7 nitrogen and oxygen atoms in total. The third-order valence-corrected chi connectivity index (χ3v) is 4.49. The molecule has 9 heteroatoms. The van der Waals surface area contributed by atoms with E-state index < -0.39 is 0 Å². The number of ether oxygens (including phenoxy) is 3. The van der Waals surface area contributed by atoms with Crippen LogP contribution in [0.1, 0.15) is 34.8 Å². The zero-order valence-electron chi connectivity index (χ0n) is 15.0. The minimum absolute atomic E-state index is 0.317. The number of carbonyl (C=O) groups is 1. The van der Waals surface area contributed by atoms with Gasteiger partial charge in [0, 0.05) is 0 Å². The highest BCUT2D eigenvalue weighted by molar-refractivity contribution is 7.17. The topological polar surface area (TPSA) is 82.0 Å². The number of benzene rings is 1. The van der Waals surface area contributed by atoms with Crippen LogP contribution in [-0.2, 0) is 4.74 Å². The van der Waals surface area contributed by atoms with E-state index in [1.165, 1.54) is 11.3 Å². The van der Waals surface area contributed by atoms with Crippen molar-refractivity contribution in [1.82, 2.24) is 4.98 Å². The molecule has 1 aromatic heterocycles. The van der Waals surface area contributed by atoms with Crippen molar-refractivity contribution in [3.05, 3.63) is 33.3 Å². The number of anilines is 1. The first-order chi connectivity index (χ1) is 12.5. The molecule has 0 atom stereocenters. The van der Waals surface area contributed by atoms with E-state index in [4.69, 9.17) is 25.8 Å². The van der Waals surface area contributed by atoms with Crippen LogP contribution < -0.4 is 14.9 Å². The summed E-state index contributed by atoms with van der Waals surface area (Å²) in [6, 6.07) is 3.48. The van der Waals surface area contributed by atoms with Crippen molar-refractivity contribution in [1.29, 1.82) is 0 Å². The molecular weight excluding hydrogens is 378 g/mol. The summed E-state index contributed by atoms with van der Waals surface area (Å²) >= 11 is 7.41. The molecule has 0 amide bonds. The molecule has 2 aromatic rings. The second-order valence-electron chi connectivity index (χ2n) is 4.99. The van der Waals surface area contributed by atoms with Crippen LogP contribution in [0.5, 0.6) is 11.5 Å². The number of methoxy groups -OCH3 is 1. The summed E-state index contributed by atoms with van der Waals surface area (Å²) in [6.45, 7) is 6.17. The van der Waals surface area contributed by atoms with E-state index in [0.29, 0.717) is 45.4 Å². The van der Waals surface area contributed by atoms with Crippen molar-refractivity contribution < 1.29 is 19.0 Å². The number of hydrogen-bond acceptors (Lipinski definition) is 8. The van der Waals surface area contributed by atoms with E-state index in [0.717, 1.165) is 5.56 Å². The predicted molar refractivity (Wildman–Crippen MR) is 103 cm³/mol. The molecule has 0 radical (unpaired) electrons. The molecule has 140 valence electrons. The summed E-state index contributed by atoms with van der Waals surface area (Å²) in [5.41, 5.74) is 4.12. The van der Waals surface area contributed by atoms with Crippen molar-refractivity contribution in [2.45, 2.75) is 20.8 Å². The molecule has 0 aliphatic heterocycles. The first-order valence-electron chi connectivity index (χ1n) is 7.94. The van der Waals surface area contributed by atoms with E-state index in [1.807, 2.05) is 6.92 Å². The summed E-state index contributed by atoms with van der Waals surface area (Å²) in [5.74, 6) is 0.634. The molecule has 0 spiro atoms. The molecule has 0 aliphatic rings. The number of rotatable bonds is 8. The second-order valence-corrected chi connectivity index (χ2v) is 6.40. The molecule has 2 rings (SSSR count). The highest BCUT2D eigenvalue weighted by atomic mass is 35.5. The largest absolute Gasteiger partial charge is 0.493 e. The molecule has 1 heterocycles. The summed E-state index contributed by atoms with van der Waals surface area (Å²) in [5, 5.41) is 5.05. The second kappa shape index (κ2) is 9.40. The fourth-order valence-electron chi connectivity index (χ4n) is 2.09. The van der Waals surface area contributed by atoms with Gasteiger partial charge in [-0.05, 0) is 38.5 Å². The summed E-state index contributed by atoms with van der Waals surface area (Å²) in [7, 11) is 1.54. The SMILES string of the molecule is CCOC(=O)c1sc(N/N=C\c2cc(Cl)c(OCC)c(OC)c2)nc1C. The van der Waals surface area contributed by atoms with Gasteiger partial charge in [-0.15, -0.1) is 0 Å². The number of thiazole rings is 1. The van der Waals surface area contributed by atoms with Crippen LogP contribution in [0, 0.1) is 6.92 Å². The van der Waals surface area contributed by atoms with Crippen molar-refractivity contribution in [2.24, 2.45) is 5.10 Å². The summed E-state index contributed by atoms with van der Waals surface area (Å²) in [6.07, 6.45) is 1.57. The molecule has 0 unspecified atom stereocenters. The van der Waals surface area contributed by atoms with Gasteiger partial charge in [0.1, 0.15) is 4.88 Å². The first-order valence-corrected chi connectivity index (χ1v) is 9.13. The average molecular weight is 398 g/mol. The smallest absolute Gasteiger partial charge is 0.350 e. The van der Waals surface area contributed by atoms with Crippen LogP contribution in [-0.4, -0.2) is 37.5 Å². The maximum Gasteiger partial charge on any atom is 0.350 e. The van der Waals surface area contributed by atoms with Crippen molar-refractivity contribution in [3.63, 3.8) is 0 Å². The maximum atomic E-state index is 11.8. The monoisotopic (exact) mass is 397 g/mol. The molecule has 1 N–H and O–H groups in total. The third-order valence-electron chi connectivity index (χ3n) is 3.17. The van der Waals surface area contributed by atoms with Gasteiger partial charge in [0.25, 0.3) is 0 Å². The normalized spacial score (nSPS) is 10.8. The lowest BCUT2D eigenvalue weighted by Gasteiger charge is -2.11. The molecular formula is C17H20ClN3O4S. The lowest BCUT2D eigenvalue weighted by Crippen LogP contribution is -2.03. The van der Waals surface area contributed by atoms with Gasteiger partial charge in [0.2, 0.25) is 5.13 Å². The number of nitrogens with zero attached hydrogens (tertiary/aromatic N) is 2. The summed E-state index contributed by atoms with van der Waals surface area (Å²) in [4.78, 5) is 16.5. The Morgan fingerprint density at radius 1 is 1.38 bits per heavy atom. The maximum absolute atomic E-state index is 11.8. The Balaban J connectivity index is 2.12. The Morgan fingerprint density at radius 2 is 2.15 bits per heavy atom. The zero-order chi connectivity index (χ0) is 19.1. The van der Waals surface area contributed by atoms with Crippen LogP contribution in [0.4, 0.5) is 5.13 Å². The molecule has 26 heavy (non-hydrogen) atoms. The number of esters is 1. The summed E-state index contributed by atoms with van der Waals surface area (Å²) < 4.78 is 15.8. The van der Waals surface area contributed by atoms with Gasteiger partial charge in [0.05, 0.1) is 37.3 Å². The van der Waals surface area contributed by atoms with Gasteiger partial charge in [-0.2, -0.15) is 5.10 Å². The molecule has 0 saturated carbocycles. The van der Waals surface area contributed by atoms with Gasteiger partial charge in [-0.1, -0.05) is 22.9 Å². The standard InChI is InChI=1S/C17H20ClN3O4S/c1-5-24-14-12(18)7-11(8-13(14)23-4)9-19-21-17-20-10(3)15(26-17)16(22)25-6-2/h7-9H,5-6H2,1-4H3,(H,20,21)/b19-9-. The highest BCUT2D eigenvalue weighted by Gasteiger charge is 2.16. The fraction of sp³-hybridized carbons (Fsp3) is 0.353. The highest BCUT2D eigenvalue weighted by Crippen LogP contribution is 2.36. The number of carbonyl (C=O) groups excluding carboxylic acids is 1. The van der Waals surface area contributed by atoms with Gasteiger partial charge in [-0.3, -0.25) is 5.43 Å². The van der Waals surface area contributed by atoms with E-state index >= 15 is 0 Å². The number of nitrogens with one attached hydrogen (secondary N) is 1. The van der Waals surface area contributed by atoms with Gasteiger partial charge in [-0.25, -0.2) is 9.78 Å². The Hall–Kier alpha value is -2.32. The van der Waals surface area contributed by atoms with Crippen LogP contribution in [0.25, 0.3) is 0 Å². The quantitative estimate of drug-likeness (QED) is 0.409. The Bertz CT molecular complexity index is 808. The average Bonchev–Trinajstić information content (AvgIpc) is 2.98. The minimum atomic E-state index is -0.387. The van der Waals surface area contributed by atoms with Crippen molar-refractivity contribution in [3.8, 4) is 11.5 Å². The van der Waals surface area contributed by atoms with Crippen LogP contribution in [0.3, 0.4) is 0 Å². The number of hydrazone groups is 1. The van der Waals surface area contributed by atoms with E-state index in [-0.39, 0.29) is 5.97 Å². The molecule has 1 aromatic carbocycles. The van der Waals surface area contributed by atoms with Gasteiger partial charge >= 0.3 is 5.97 Å².